The van der Waals surface area contributed by atoms with Crippen LogP contribution in [0, 0.1) is 6.92 Å². The minimum absolute atomic E-state index is 0.00624. The molecule has 19 heavy (non-hydrogen) atoms. The normalized spacial score (nSPS) is 10.2. The second-order valence-corrected chi connectivity index (χ2v) is 4.46. The Morgan fingerprint density at radius 2 is 2.05 bits per heavy atom. The number of rotatable bonds is 7. The number of hydrogen-bond donors (Lipinski definition) is 3. The number of amides is 2. The van der Waals surface area contributed by atoms with E-state index in [1.165, 1.54) is 0 Å². The Bertz CT molecular complexity index is 458. The summed E-state index contributed by atoms with van der Waals surface area (Å²) in [6, 6.07) is 5.31. The first-order chi connectivity index (χ1) is 9.04. The SMILES string of the molecule is CCCNC(=O)CNCc1ccc(C(N)=O)cc1C. The van der Waals surface area contributed by atoms with E-state index in [0.717, 1.165) is 17.5 Å². The van der Waals surface area contributed by atoms with E-state index < -0.39 is 5.91 Å². The first-order valence-corrected chi connectivity index (χ1v) is 6.41. The first-order valence-electron chi connectivity index (χ1n) is 6.41. The molecule has 0 spiro atoms. The molecular formula is C14H21N3O2. The van der Waals surface area contributed by atoms with Crippen LogP contribution in [0.1, 0.15) is 34.8 Å². The fraction of sp³-hybridized carbons (Fsp3) is 0.429. The molecule has 0 unspecified atom stereocenters. The van der Waals surface area contributed by atoms with Gasteiger partial charge in [-0.2, -0.15) is 0 Å². The lowest BCUT2D eigenvalue weighted by atomic mass is 10.0. The minimum atomic E-state index is -0.429. The van der Waals surface area contributed by atoms with Crippen molar-refractivity contribution in [1.29, 1.82) is 0 Å². The van der Waals surface area contributed by atoms with E-state index in [-0.39, 0.29) is 12.5 Å². The van der Waals surface area contributed by atoms with Gasteiger partial charge in [0.05, 0.1) is 6.54 Å². The van der Waals surface area contributed by atoms with Crippen molar-refractivity contribution in [2.75, 3.05) is 13.1 Å². The van der Waals surface area contributed by atoms with Gasteiger partial charge in [-0.1, -0.05) is 13.0 Å². The Kier molecular flexibility index (Phi) is 6.02. The van der Waals surface area contributed by atoms with Gasteiger partial charge in [0.25, 0.3) is 0 Å². The molecule has 4 N–H and O–H groups in total. The van der Waals surface area contributed by atoms with Gasteiger partial charge < -0.3 is 16.4 Å². The zero-order chi connectivity index (χ0) is 14.3. The molecule has 0 atom stereocenters. The molecule has 5 heteroatoms. The van der Waals surface area contributed by atoms with E-state index >= 15 is 0 Å². The molecule has 5 nitrogen and oxygen atoms in total. The summed E-state index contributed by atoms with van der Waals surface area (Å²) in [5, 5.41) is 5.87. The quantitative estimate of drug-likeness (QED) is 0.677. The van der Waals surface area contributed by atoms with Crippen molar-refractivity contribution in [3.8, 4) is 0 Å². The molecule has 0 aromatic heterocycles. The molecule has 0 saturated heterocycles. The second-order valence-electron chi connectivity index (χ2n) is 4.46. The van der Waals surface area contributed by atoms with E-state index in [4.69, 9.17) is 5.73 Å². The predicted molar refractivity (Wildman–Crippen MR) is 74.7 cm³/mol. The average molecular weight is 263 g/mol. The lowest BCUT2D eigenvalue weighted by molar-refractivity contribution is -0.120. The number of benzene rings is 1. The van der Waals surface area contributed by atoms with Crippen LogP contribution in [0.3, 0.4) is 0 Å². The smallest absolute Gasteiger partial charge is 0.248 e. The Hall–Kier alpha value is -1.88. The summed E-state index contributed by atoms with van der Waals surface area (Å²) in [6.07, 6.45) is 0.930. The number of nitrogens with two attached hydrogens (primary N) is 1. The summed E-state index contributed by atoms with van der Waals surface area (Å²) in [7, 11) is 0. The molecule has 2 amide bonds. The van der Waals surface area contributed by atoms with E-state index in [0.29, 0.717) is 18.7 Å². The van der Waals surface area contributed by atoms with Crippen LogP contribution in [-0.2, 0) is 11.3 Å². The van der Waals surface area contributed by atoms with E-state index in [9.17, 15) is 9.59 Å². The molecule has 0 aliphatic carbocycles. The molecule has 1 aromatic carbocycles. The third-order valence-electron chi connectivity index (χ3n) is 2.80. The third-order valence-corrected chi connectivity index (χ3v) is 2.80. The Balaban J connectivity index is 2.45. The summed E-state index contributed by atoms with van der Waals surface area (Å²) >= 11 is 0. The van der Waals surface area contributed by atoms with Crippen molar-refractivity contribution in [1.82, 2.24) is 10.6 Å². The molecule has 0 radical (unpaired) electrons. The zero-order valence-electron chi connectivity index (χ0n) is 11.5. The Morgan fingerprint density at radius 1 is 1.32 bits per heavy atom. The van der Waals surface area contributed by atoms with Crippen molar-refractivity contribution in [3.63, 3.8) is 0 Å². The van der Waals surface area contributed by atoms with E-state index in [2.05, 4.69) is 10.6 Å². The molecule has 0 heterocycles. The molecule has 0 saturated carbocycles. The maximum atomic E-state index is 11.4. The summed E-state index contributed by atoms with van der Waals surface area (Å²) in [4.78, 5) is 22.4. The number of aryl methyl sites for hydroxylation is 1. The maximum Gasteiger partial charge on any atom is 0.248 e. The third kappa shape index (κ3) is 5.09. The maximum absolute atomic E-state index is 11.4. The number of carbonyl (C=O) groups is 2. The van der Waals surface area contributed by atoms with Crippen molar-refractivity contribution in [2.24, 2.45) is 5.73 Å². The number of carbonyl (C=O) groups excluding carboxylic acids is 2. The number of nitrogens with one attached hydrogen (secondary N) is 2. The highest BCUT2D eigenvalue weighted by atomic mass is 16.2. The summed E-state index contributed by atoms with van der Waals surface area (Å²) in [5.41, 5.74) is 7.75. The first kappa shape index (κ1) is 15.2. The van der Waals surface area contributed by atoms with Crippen molar-refractivity contribution >= 4 is 11.8 Å². The second kappa shape index (κ2) is 7.53. The zero-order valence-corrected chi connectivity index (χ0v) is 11.5. The highest BCUT2D eigenvalue weighted by molar-refractivity contribution is 5.93. The molecular weight excluding hydrogens is 242 g/mol. The topological polar surface area (TPSA) is 84.2 Å². The van der Waals surface area contributed by atoms with Crippen molar-refractivity contribution in [3.05, 3.63) is 34.9 Å². The van der Waals surface area contributed by atoms with Gasteiger partial charge >= 0.3 is 0 Å². The molecule has 0 fully saturated rings. The van der Waals surface area contributed by atoms with Gasteiger partial charge in [0, 0.05) is 18.7 Å². The Morgan fingerprint density at radius 3 is 2.63 bits per heavy atom. The molecule has 1 aromatic rings. The molecule has 0 bridgehead atoms. The van der Waals surface area contributed by atoms with Gasteiger partial charge in [0.1, 0.15) is 0 Å². The van der Waals surface area contributed by atoms with Crippen LogP contribution in [0.2, 0.25) is 0 Å². The van der Waals surface area contributed by atoms with E-state index in [1.807, 2.05) is 19.9 Å². The monoisotopic (exact) mass is 263 g/mol. The van der Waals surface area contributed by atoms with Crippen LogP contribution in [0.25, 0.3) is 0 Å². The fourth-order valence-electron chi connectivity index (χ4n) is 1.69. The summed E-state index contributed by atoms with van der Waals surface area (Å²) in [6.45, 7) is 5.51. The fourth-order valence-corrected chi connectivity index (χ4v) is 1.69. The van der Waals surface area contributed by atoms with Crippen LogP contribution in [0.5, 0.6) is 0 Å². The number of primary amides is 1. The van der Waals surface area contributed by atoms with Gasteiger partial charge in [-0.25, -0.2) is 0 Å². The molecule has 1 rings (SSSR count). The minimum Gasteiger partial charge on any atom is -0.366 e. The highest BCUT2D eigenvalue weighted by Gasteiger charge is 2.05. The predicted octanol–water partition coefficient (Wildman–Crippen LogP) is 0.710. The van der Waals surface area contributed by atoms with Gasteiger partial charge in [0.2, 0.25) is 11.8 Å². The number of hydrogen-bond acceptors (Lipinski definition) is 3. The molecule has 104 valence electrons. The average Bonchev–Trinajstić information content (AvgIpc) is 2.38. The van der Waals surface area contributed by atoms with Crippen LogP contribution in [0.4, 0.5) is 0 Å². The largest absolute Gasteiger partial charge is 0.366 e. The highest BCUT2D eigenvalue weighted by Crippen LogP contribution is 2.10. The van der Waals surface area contributed by atoms with Gasteiger partial charge in [-0.05, 0) is 36.6 Å². The van der Waals surface area contributed by atoms with Crippen LogP contribution >= 0.6 is 0 Å². The lowest BCUT2D eigenvalue weighted by Gasteiger charge is -2.09. The van der Waals surface area contributed by atoms with Crippen LogP contribution in [0.15, 0.2) is 18.2 Å². The van der Waals surface area contributed by atoms with E-state index in [1.54, 1.807) is 12.1 Å². The van der Waals surface area contributed by atoms with Gasteiger partial charge in [0.15, 0.2) is 0 Å². The van der Waals surface area contributed by atoms with Crippen molar-refractivity contribution < 1.29 is 9.59 Å². The molecule has 0 aliphatic heterocycles. The lowest BCUT2D eigenvalue weighted by Crippen LogP contribution is -2.34. The molecule has 0 aliphatic rings. The standard InChI is InChI=1S/C14H21N3O2/c1-3-6-17-13(18)9-16-8-12-5-4-11(14(15)19)7-10(12)2/h4-5,7,16H,3,6,8-9H2,1-2H3,(H2,15,19)(H,17,18). The van der Waals surface area contributed by atoms with Gasteiger partial charge in [-0.15, -0.1) is 0 Å². The van der Waals surface area contributed by atoms with Crippen molar-refractivity contribution in [2.45, 2.75) is 26.8 Å². The van der Waals surface area contributed by atoms with Gasteiger partial charge in [-0.3, -0.25) is 9.59 Å². The van der Waals surface area contributed by atoms with Crippen LogP contribution in [-0.4, -0.2) is 24.9 Å². The summed E-state index contributed by atoms with van der Waals surface area (Å²) < 4.78 is 0. The Labute approximate surface area is 113 Å². The van der Waals surface area contributed by atoms with Crippen LogP contribution < -0.4 is 16.4 Å². The summed E-state index contributed by atoms with van der Waals surface area (Å²) in [5.74, 6) is -0.435.